The first kappa shape index (κ1) is 13.7. The van der Waals surface area contributed by atoms with E-state index in [0.29, 0.717) is 5.82 Å². The Morgan fingerprint density at radius 2 is 2.12 bits per heavy atom. The quantitative estimate of drug-likeness (QED) is 0.358. The highest BCUT2D eigenvalue weighted by Gasteiger charge is 2.09. The number of hydrazine groups is 1. The molecule has 0 unspecified atom stereocenters. The number of rotatable bonds is 8. The highest BCUT2D eigenvalue weighted by atomic mass is 16.5. The van der Waals surface area contributed by atoms with Crippen molar-refractivity contribution in [1.82, 2.24) is 9.97 Å². The number of hydrogen-bond acceptors (Lipinski definition) is 6. The largest absolute Gasteiger partial charge is 0.385 e. The number of methoxy groups -OCH3 is 1. The Kier molecular flexibility index (Phi) is 6.27. The number of ether oxygens (including phenoxy) is 1. The lowest BCUT2D eigenvalue weighted by atomic mass is 10.1. The molecule has 17 heavy (non-hydrogen) atoms. The van der Waals surface area contributed by atoms with Gasteiger partial charge in [0.2, 0.25) is 0 Å². The lowest BCUT2D eigenvalue weighted by Gasteiger charge is -2.13. The van der Waals surface area contributed by atoms with Crippen LogP contribution in [0.3, 0.4) is 0 Å². The standard InChI is InChI=1S/C11H21N5O/c1-3-5-9-10(13-6-4-7-17-2)14-8-15-11(9)16-12/h8H,3-7,12H2,1-2H3,(H2,13,14,15,16). The molecule has 4 N–H and O–H groups in total. The molecule has 6 heteroatoms. The van der Waals surface area contributed by atoms with Crippen LogP contribution in [0.1, 0.15) is 25.3 Å². The van der Waals surface area contributed by atoms with Gasteiger partial charge >= 0.3 is 0 Å². The van der Waals surface area contributed by atoms with Crippen LogP contribution >= 0.6 is 0 Å². The Labute approximate surface area is 102 Å². The predicted molar refractivity (Wildman–Crippen MR) is 68.8 cm³/mol. The van der Waals surface area contributed by atoms with Crippen molar-refractivity contribution < 1.29 is 4.74 Å². The molecule has 0 aromatic carbocycles. The Balaban J connectivity index is 2.68. The molecule has 1 rings (SSSR count). The van der Waals surface area contributed by atoms with Crippen LogP contribution in [0.15, 0.2) is 6.33 Å². The maximum absolute atomic E-state index is 5.44. The molecule has 0 aliphatic rings. The molecule has 0 aliphatic heterocycles. The molecule has 96 valence electrons. The number of nitrogens with one attached hydrogen (secondary N) is 2. The van der Waals surface area contributed by atoms with Gasteiger partial charge in [-0.05, 0) is 12.8 Å². The second-order valence-electron chi connectivity index (χ2n) is 3.72. The summed E-state index contributed by atoms with van der Waals surface area (Å²) >= 11 is 0. The van der Waals surface area contributed by atoms with Crippen LogP contribution in [-0.4, -0.2) is 30.2 Å². The van der Waals surface area contributed by atoms with Gasteiger partial charge in [0.1, 0.15) is 18.0 Å². The predicted octanol–water partition coefficient (Wildman–Crippen LogP) is 1.16. The molecule has 6 nitrogen and oxygen atoms in total. The van der Waals surface area contributed by atoms with E-state index in [4.69, 9.17) is 10.6 Å². The zero-order chi connectivity index (χ0) is 12.5. The van der Waals surface area contributed by atoms with Gasteiger partial charge in [-0.25, -0.2) is 15.8 Å². The smallest absolute Gasteiger partial charge is 0.148 e. The third-order valence-electron chi connectivity index (χ3n) is 2.40. The molecular weight excluding hydrogens is 218 g/mol. The Morgan fingerprint density at radius 3 is 2.76 bits per heavy atom. The van der Waals surface area contributed by atoms with Crippen molar-refractivity contribution in [3.8, 4) is 0 Å². The molecule has 0 bridgehead atoms. The van der Waals surface area contributed by atoms with Gasteiger partial charge < -0.3 is 15.5 Å². The van der Waals surface area contributed by atoms with Gasteiger partial charge in [0, 0.05) is 25.8 Å². The summed E-state index contributed by atoms with van der Waals surface area (Å²) in [7, 11) is 1.70. The molecule has 0 amide bonds. The van der Waals surface area contributed by atoms with Gasteiger partial charge in [-0.2, -0.15) is 0 Å². The minimum atomic E-state index is 0.691. The Morgan fingerprint density at radius 1 is 1.35 bits per heavy atom. The monoisotopic (exact) mass is 239 g/mol. The molecule has 0 atom stereocenters. The zero-order valence-electron chi connectivity index (χ0n) is 10.5. The van der Waals surface area contributed by atoms with E-state index in [1.807, 2.05) is 0 Å². The lowest BCUT2D eigenvalue weighted by Crippen LogP contribution is -2.15. The van der Waals surface area contributed by atoms with Gasteiger partial charge in [-0.3, -0.25) is 0 Å². The molecule has 0 fully saturated rings. The number of nitrogens with two attached hydrogens (primary N) is 1. The molecule has 1 aromatic heterocycles. The zero-order valence-corrected chi connectivity index (χ0v) is 10.5. The highest BCUT2D eigenvalue weighted by molar-refractivity contribution is 5.56. The number of nitrogen functional groups attached to an aromatic ring is 1. The fourth-order valence-corrected chi connectivity index (χ4v) is 1.60. The summed E-state index contributed by atoms with van der Waals surface area (Å²) in [5.74, 6) is 6.98. The van der Waals surface area contributed by atoms with Gasteiger partial charge in [0.05, 0.1) is 0 Å². The average Bonchev–Trinajstić information content (AvgIpc) is 2.36. The van der Waals surface area contributed by atoms with Crippen LogP contribution in [0.2, 0.25) is 0 Å². The van der Waals surface area contributed by atoms with Crippen LogP contribution in [0.4, 0.5) is 11.6 Å². The normalized spacial score (nSPS) is 10.3. The molecule has 0 radical (unpaired) electrons. The van der Waals surface area contributed by atoms with Crippen LogP contribution in [0, 0.1) is 0 Å². The number of aromatic nitrogens is 2. The minimum Gasteiger partial charge on any atom is -0.385 e. The molecule has 1 heterocycles. The first-order chi connectivity index (χ1) is 8.33. The number of hydrogen-bond donors (Lipinski definition) is 3. The second-order valence-corrected chi connectivity index (χ2v) is 3.72. The summed E-state index contributed by atoms with van der Waals surface area (Å²) in [6, 6.07) is 0. The minimum absolute atomic E-state index is 0.691. The van der Waals surface area contributed by atoms with Crippen LogP contribution in [-0.2, 0) is 11.2 Å². The van der Waals surface area contributed by atoms with E-state index in [9.17, 15) is 0 Å². The molecular formula is C11H21N5O. The van der Waals surface area contributed by atoms with Crippen LogP contribution < -0.4 is 16.6 Å². The average molecular weight is 239 g/mol. The number of anilines is 2. The summed E-state index contributed by atoms with van der Waals surface area (Å²) in [4.78, 5) is 8.35. The molecule has 0 aliphatic carbocycles. The molecule has 1 aromatic rings. The van der Waals surface area contributed by atoms with E-state index < -0.39 is 0 Å². The first-order valence-electron chi connectivity index (χ1n) is 5.86. The SMILES string of the molecule is CCCc1c(NN)ncnc1NCCCOC. The third kappa shape index (κ3) is 4.16. The Hall–Kier alpha value is -1.40. The van der Waals surface area contributed by atoms with E-state index in [1.165, 1.54) is 6.33 Å². The first-order valence-corrected chi connectivity index (χ1v) is 5.86. The van der Waals surface area contributed by atoms with Gasteiger partial charge in [0.25, 0.3) is 0 Å². The van der Waals surface area contributed by atoms with Crippen LogP contribution in [0.5, 0.6) is 0 Å². The van der Waals surface area contributed by atoms with Crippen molar-refractivity contribution in [2.75, 3.05) is 31.0 Å². The van der Waals surface area contributed by atoms with Crippen molar-refractivity contribution in [3.63, 3.8) is 0 Å². The molecule has 0 saturated heterocycles. The van der Waals surface area contributed by atoms with Crippen molar-refractivity contribution in [2.45, 2.75) is 26.2 Å². The van der Waals surface area contributed by atoms with E-state index in [1.54, 1.807) is 7.11 Å². The summed E-state index contributed by atoms with van der Waals surface area (Å²) in [5, 5.41) is 3.28. The van der Waals surface area contributed by atoms with Gasteiger partial charge in [-0.15, -0.1) is 0 Å². The second kappa shape index (κ2) is 7.81. The van der Waals surface area contributed by atoms with E-state index >= 15 is 0 Å². The van der Waals surface area contributed by atoms with Crippen molar-refractivity contribution in [1.29, 1.82) is 0 Å². The topological polar surface area (TPSA) is 85.1 Å². The third-order valence-corrected chi connectivity index (χ3v) is 2.40. The summed E-state index contributed by atoms with van der Waals surface area (Å²) in [6.45, 7) is 3.68. The Bertz CT molecular complexity index is 332. The fraction of sp³-hybridized carbons (Fsp3) is 0.636. The summed E-state index contributed by atoms with van der Waals surface area (Å²) in [5.41, 5.74) is 3.64. The number of nitrogens with zero attached hydrogens (tertiary/aromatic N) is 2. The van der Waals surface area contributed by atoms with Gasteiger partial charge in [-0.1, -0.05) is 13.3 Å². The highest BCUT2D eigenvalue weighted by Crippen LogP contribution is 2.20. The van der Waals surface area contributed by atoms with Crippen molar-refractivity contribution in [3.05, 3.63) is 11.9 Å². The lowest BCUT2D eigenvalue weighted by molar-refractivity contribution is 0.197. The maximum atomic E-state index is 5.44. The summed E-state index contributed by atoms with van der Waals surface area (Å²) < 4.78 is 5.00. The van der Waals surface area contributed by atoms with Crippen molar-refractivity contribution >= 4 is 11.6 Å². The van der Waals surface area contributed by atoms with Gasteiger partial charge in [0.15, 0.2) is 0 Å². The maximum Gasteiger partial charge on any atom is 0.148 e. The molecule has 0 spiro atoms. The molecule has 0 saturated carbocycles. The van der Waals surface area contributed by atoms with E-state index in [-0.39, 0.29) is 0 Å². The summed E-state index contributed by atoms with van der Waals surface area (Å²) in [6.07, 6.45) is 4.37. The van der Waals surface area contributed by atoms with Crippen LogP contribution in [0.25, 0.3) is 0 Å². The van der Waals surface area contributed by atoms with Crippen molar-refractivity contribution in [2.24, 2.45) is 5.84 Å². The fourth-order valence-electron chi connectivity index (χ4n) is 1.60. The van der Waals surface area contributed by atoms with E-state index in [2.05, 4.69) is 27.6 Å². The van der Waals surface area contributed by atoms with E-state index in [0.717, 1.165) is 43.8 Å².